The highest BCUT2D eigenvalue weighted by molar-refractivity contribution is 5.75. The number of aromatic nitrogens is 2. The molecule has 0 bridgehead atoms. The molecule has 2 saturated heterocycles. The minimum Gasteiger partial charge on any atom is -0.452 e. The van der Waals surface area contributed by atoms with Crippen LogP contribution in [0.2, 0.25) is 0 Å². The Hall–Kier alpha value is -3.23. The smallest absolute Gasteiger partial charge is 0.410 e. The van der Waals surface area contributed by atoms with Gasteiger partial charge in [-0.3, -0.25) is 0 Å². The number of aryl methyl sites for hydroxylation is 1. The Morgan fingerprint density at radius 2 is 1.91 bits per heavy atom. The van der Waals surface area contributed by atoms with E-state index in [2.05, 4.69) is 14.9 Å². The van der Waals surface area contributed by atoms with E-state index < -0.39 is 5.60 Å². The first-order valence-electron chi connectivity index (χ1n) is 12.0. The SMILES string of the molecule is CC(=O)CCc1cc(F)ccc1Oc1cncnc1N1CCC2(CCN(C(=O)OC(C)(C)C)C2)C1. The second kappa shape index (κ2) is 9.79. The molecular formula is C26H33FN4O4. The highest BCUT2D eigenvalue weighted by Gasteiger charge is 2.46. The zero-order chi connectivity index (χ0) is 25.2. The van der Waals surface area contributed by atoms with Gasteiger partial charge in [0.05, 0.1) is 6.20 Å². The van der Waals surface area contributed by atoms with Crippen LogP contribution in [0.5, 0.6) is 11.5 Å². The zero-order valence-electron chi connectivity index (χ0n) is 20.8. The first kappa shape index (κ1) is 24.9. The number of nitrogens with zero attached hydrogens (tertiary/aromatic N) is 4. The van der Waals surface area contributed by atoms with Gasteiger partial charge in [0.15, 0.2) is 11.6 Å². The highest BCUT2D eigenvalue weighted by atomic mass is 19.1. The summed E-state index contributed by atoms with van der Waals surface area (Å²) in [5.74, 6) is 1.27. The number of ether oxygens (including phenoxy) is 2. The predicted octanol–water partition coefficient (Wildman–Crippen LogP) is 4.77. The molecule has 0 radical (unpaired) electrons. The largest absolute Gasteiger partial charge is 0.452 e. The van der Waals surface area contributed by atoms with Gasteiger partial charge in [-0.05, 0) is 70.7 Å². The van der Waals surface area contributed by atoms with Crippen LogP contribution in [0.3, 0.4) is 0 Å². The van der Waals surface area contributed by atoms with Crippen LogP contribution in [0.15, 0.2) is 30.7 Å². The number of hydrogen-bond donors (Lipinski definition) is 0. The Kier molecular flexibility index (Phi) is 6.96. The minimum atomic E-state index is -0.522. The van der Waals surface area contributed by atoms with Crippen molar-refractivity contribution in [2.75, 3.05) is 31.1 Å². The lowest BCUT2D eigenvalue weighted by Gasteiger charge is -2.27. The van der Waals surface area contributed by atoms with Gasteiger partial charge in [-0.2, -0.15) is 0 Å². The van der Waals surface area contributed by atoms with Crippen LogP contribution in [0.4, 0.5) is 15.0 Å². The Morgan fingerprint density at radius 1 is 1.14 bits per heavy atom. The van der Waals surface area contributed by atoms with Crippen molar-refractivity contribution in [1.82, 2.24) is 14.9 Å². The number of halogens is 1. The summed E-state index contributed by atoms with van der Waals surface area (Å²) in [4.78, 5) is 36.6. The fourth-order valence-electron chi connectivity index (χ4n) is 4.76. The van der Waals surface area contributed by atoms with E-state index in [-0.39, 0.29) is 23.1 Å². The molecule has 2 fully saturated rings. The number of ketones is 1. The lowest BCUT2D eigenvalue weighted by Crippen LogP contribution is -2.37. The van der Waals surface area contributed by atoms with E-state index in [1.165, 1.54) is 25.4 Å². The van der Waals surface area contributed by atoms with E-state index >= 15 is 0 Å². The van der Waals surface area contributed by atoms with Gasteiger partial charge in [-0.15, -0.1) is 0 Å². The molecule has 0 N–H and O–H groups in total. The number of benzene rings is 1. The number of carbonyl (C=O) groups is 2. The fraction of sp³-hybridized carbons (Fsp3) is 0.538. The van der Waals surface area contributed by atoms with Gasteiger partial charge in [0.1, 0.15) is 29.3 Å². The number of hydrogen-bond acceptors (Lipinski definition) is 7. The molecule has 1 amide bonds. The van der Waals surface area contributed by atoms with Gasteiger partial charge >= 0.3 is 6.09 Å². The Morgan fingerprint density at radius 3 is 2.66 bits per heavy atom. The summed E-state index contributed by atoms with van der Waals surface area (Å²) in [6.45, 7) is 9.96. The molecule has 4 rings (SSSR count). The maximum absolute atomic E-state index is 13.9. The summed E-state index contributed by atoms with van der Waals surface area (Å²) in [5, 5.41) is 0. The van der Waals surface area contributed by atoms with E-state index in [4.69, 9.17) is 9.47 Å². The number of likely N-dealkylation sites (tertiary alicyclic amines) is 1. The lowest BCUT2D eigenvalue weighted by atomic mass is 9.86. The molecule has 188 valence electrons. The van der Waals surface area contributed by atoms with Gasteiger partial charge in [0, 0.05) is 38.0 Å². The van der Waals surface area contributed by atoms with Crippen LogP contribution in [0, 0.1) is 11.2 Å². The zero-order valence-corrected chi connectivity index (χ0v) is 20.8. The van der Waals surface area contributed by atoms with E-state index in [1.807, 2.05) is 20.8 Å². The van der Waals surface area contributed by atoms with Gasteiger partial charge < -0.3 is 24.1 Å². The monoisotopic (exact) mass is 484 g/mol. The van der Waals surface area contributed by atoms with Crippen LogP contribution < -0.4 is 9.64 Å². The fourth-order valence-corrected chi connectivity index (χ4v) is 4.76. The molecule has 0 saturated carbocycles. The third-order valence-corrected chi connectivity index (χ3v) is 6.48. The van der Waals surface area contributed by atoms with E-state index in [0.717, 1.165) is 25.9 Å². The summed E-state index contributed by atoms with van der Waals surface area (Å²) >= 11 is 0. The second-order valence-electron chi connectivity index (χ2n) is 10.6. The number of anilines is 1. The molecule has 0 aliphatic carbocycles. The van der Waals surface area contributed by atoms with Crippen molar-refractivity contribution in [3.63, 3.8) is 0 Å². The maximum Gasteiger partial charge on any atom is 0.410 e. The van der Waals surface area contributed by atoms with E-state index in [0.29, 0.717) is 48.8 Å². The van der Waals surface area contributed by atoms with Crippen molar-refractivity contribution >= 4 is 17.7 Å². The number of carbonyl (C=O) groups excluding carboxylic acids is 2. The van der Waals surface area contributed by atoms with E-state index in [9.17, 15) is 14.0 Å². The third-order valence-electron chi connectivity index (χ3n) is 6.48. The average molecular weight is 485 g/mol. The van der Waals surface area contributed by atoms with Crippen LogP contribution >= 0.6 is 0 Å². The van der Waals surface area contributed by atoms with Crippen LogP contribution in [-0.2, 0) is 16.0 Å². The molecule has 2 aliphatic rings. The minimum absolute atomic E-state index is 0.0261. The Bertz CT molecular complexity index is 1100. The summed E-state index contributed by atoms with van der Waals surface area (Å²) in [6.07, 6.45) is 5.34. The van der Waals surface area contributed by atoms with Crippen molar-refractivity contribution in [3.05, 3.63) is 42.1 Å². The predicted molar refractivity (Wildman–Crippen MR) is 129 cm³/mol. The molecule has 1 atom stereocenters. The van der Waals surface area contributed by atoms with Crippen molar-refractivity contribution in [2.24, 2.45) is 5.41 Å². The quantitative estimate of drug-likeness (QED) is 0.584. The van der Waals surface area contributed by atoms with Gasteiger partial charge in [0.2, 0.25) is 0 Å². The highest BCUT2D eigenvalue weighted by Crippen LogP contribution is 2.43. The first-order chi connectivity index (χ1) is 16.5. The summed E-state index contributed by atoms with van der Waals surface area (Å²) in [7, 11) is 0. The second-order valence-corrected chi connectivity index (χ2v) is 10.6. The molecule has 1 unspecified atom stereocenters. The van der Waals surface area contributed by atoms with Crippen molar-refractivity contribution < 1.29 is 23.5 Å². The average Bonchev–Trinajstić information content (AvgIpc) is 3.40. The van der Waals surface area contributed by atoms with Gasteiger partial charge in [0.25, 0.3) is 0 Å². The Balaban J connectivity index is 1.48. The number of Topliss-reactive ketones (excluding diaryl/α,β-unsaturated/α-hetero) is 1. The Labute approximate surface area is 205 Å². The lowest BCUT2D eigenvalue weighted by molar-refractivity contribution is -0.116. The summed E-state index contributed by atoms with van der Waals surface area (Å²) in [6, 6.07) is 4.31. The molecule has 2 aliphatic heterocycles. The first-order valence-corrected chi connectivity index (χ1v) is 12.0. The molecule has 1 aromatic heterocycles. The molecule has 35 heavy (non-hydrogen) atoms. The van der Waals surface area contributed by atoms with Gasteiger partial charge in [-0.1, -0.05) is 0 Å². The van der Waals surface area contributed by atoms with Crippen LogP contribution in [0.1, 0.15) is 52.5 Å². The molecule has 3 heterocycles. The number of rotatable bonds is 6. The molecule has 8 nitrogen and oxygen atoms in total. The third kappa shape index (κ3) is 6.07. The van der Waals surface area contributed by atoms with Gasteiger partial charge in [-0.25, -0.2) is 19.2 Å². The molecular weight excluding hydrogens is 451 g/mol. The van der Waals surface area contributed by atoms with Crippen LogP contribution in [0.25, 0.3) is 0 Å². The molecule has 1 aromatic carbocycles. The summed E-state index contributed by atoms with van der Waals surface area (Å²) < 4.78 is 25.6. The summed E-state index contributed by atoms with van der Waals surface area (Å²) in [5.41, 5.74) is 0.0733. The molecule has 1 spiro atoms. The van der Waals surface area contributed by atoms with E-state index in [1.54, 1.807) is 17.2 Å². The molecule has 2 aromatic rings. The van der Waals surface area contributed by atoms with Crippen molar-refractivity contribution in [1.29, 1.82) is 0 Å². The molecule has 9 heteroatoms. The van der Waals surface area contributed by atoms with Crippen molar-refractivity contribution in [3.8, 4) is 11.5 Å². The standard InChI is InChI=1S/C26H33FN4O4/c1-18(32)5-6-19-13-20(27)7-8-21(19)34-22-14-28-17-29-23(22)30-11-9-26(15-30)10-12-31(16-26)24(33)35-25(2,3)4/h7-8,13-14,17H,5-6,9-12,15-16H2,1-4H3. The van der Waals surface area contributed by atoms with Crippen molar-refractivity contribution in [2.45, 2.75) is 59.0 Å². The van der Waals surface area contributed by atoms with Crippen LogP contribution in [-0.4, -0.2) is 58.5 Å². The number of amides is 1. The topological polar surface area (TPSA) is 84.9 Å². The maximum atomic E-state index is 13.9. The normalized spacial score (nSPS) is 19.9.